The summed E-state index contributed by atoms with van der Waals surface area (Å²) in [6.45, 7) is 2.01. The SMILES string of the molecule is C[C@@H](C(=O)NCc1cccnc1)n1nc(-c2ccccc2)ccc1=O. The number of nitrogens with one attached hydrogen (secondary N) is 1. The lowest BCUT2D eigenvalue weighted by molar-refractivity contribution is -0.124. The fourth-order valence-electron chi connectivity index (χ4n) is 2.42. The molecule has 0 aliphatic heterocycles. The van der Waals surface area contributed by atoms with E-state index in [4.69, 9.17) is 0 Å². The fraction of sp³-hybridized carbons (Fsp3) is 0.158. The number of carbonyl (C=O) groups excluding carboxylic acids is 1. The maximum atomic E-state index is 12.4. The molecular formula is C19H18N4O2. The summed E-state index contributed by atoms with van der Waals surface area (Å²) in [5.74, 6) is -0.274. The van der Waals surface area contributed by atoms with E-state index >= 15 is 0 Å². The molecule has 0 aliphatic rings. The van der Waals surface area contributed by atoms with Crippen LogP contribution in [-0.4, -0.2) is 20.7 Å². The quantitative estimate of drug-likeness (QED) is 0.776. The molecule has 6 nitrogen and oxygen atoms in total. The summed E-state index contributed by atoms with van der Waals surface area (Å²) in [7, 11) is 0. The molecule has 1 N–H and O–H groups in total. The molecule has 0 bridgehead atoms. The van der Waals surface area contributed by atoms with Crippen LogP contribution in [0.2, 0.25) is 0 Å². The normalized spacial score (nSPS) is 11.7. The lowest BCUT2D eigenvalue weighted by atomic mass is 10.1. The van der Waals surface area contributed by atoms with Gasteiger partial charge in [0.25, 0.3) is 5.56 Å². The highest BCUT2D eigenvalue weighted by Gasteiger charge is 2.17. The molecule has 6 heteroatoms. The van der Waals surface area contributed by atoms with Crippen molar-refractivity contribution in [3.8, 4) is 11.3 Å². The Morgan fingerprint density at radius 3 is 2.64 bits per heavy atom. The van der Waals surface area contributed by atoms with Crippen LogP contribution in [0.1, 0.15) is 18.5 Å². The standard InChI is InChI=1S/C19H18N4O2/c1-14(19(25)21-13-15-6-5-11-20-12-15)23-18(24)10-9-17(22-23)16-7-3-2-4-8-16/h2-12,14H,13H2,1H3,(H,21,25)/t14-/m0/s1. The lowest BCUT2D eigenvalue weighted by Gasteiger charge is -2.15. The summed E-state index contributed by atoms with van der Waals surface area (Å²) in [6, 6.07) is 15.6. The summed E-state index contributed by atoms with van der Waals surface area (Å²) in [5, 5.41) is 7.15. The minimum Gasteiger partial charge on any atom is -0.350 e. The first-order valence-electron chi connectivity index (χ1n) is 7.97. The van der Waals surface area contributed by atoms with Gasteiger partial charge in [-0.3, -0.25) is 14.6 Å². The summed E-state index contributed by atoms with van der Waals surface area (Å²) >= 11 is 0. The molecule has 0 unspecified atom stereocenters. The van der Waals surface area contributed by atoms with Gasteiger partial charge in [0, 0.05) is 30.6 Å². The van der Waals surface area contributed by atoms with E-state index in [1.165, 1.54) is 10.7 Å². The molecule has 0 aliphatic carbocycles. The maximum absolute atomic E-state index is 12.4. The molecule has 1 amide bonds. The minimum atomic E-state index is -0.715. The van der Waals surface area contributed by atoms with Crippen LogP contribution in [-0.2, 0) is 11.3 Å². The highest BCUT2D eigenvalue weighted by Crippen LogP contribution is 2.15. The van der Waals surface area contributed by atoms with Gasteiger partial charge in [-0.2, -0.15) is 5.10 Å². The van der Waals surface area contributed by atoms with Crippen molar-refractivity contribution in [2.24, 2.45) is 0 Å². The Morgan fingerprint density at radius 2 is 1.92 bits per heavy atom. The van der Waals surface area contributed by atoms with E-state index in [0.29, 0.717) is 12.2 Å². The Bertz CT molecular complexity index is 907. The summed E-state index contributed by atoms with van der Waals surface area (Å²) in [6.07, 6.45) is 3.36. The zero-order valence-electron chi connectivity index (χ0n) is 13.8. The first-order chi connectivity index (χ1) is 12.1. The lowest BCUT2D eigenvalue weighted by Crippen LogP contribution is -2.36. The van der Waals surface area contributed by atoms with Crippen LogP contribution < -0.4 is 10.9 Å². The number of benzene rings is 1. The number of hydrogen-bond donors (Lipinski definition) is 1. The average Bonchev–Trinajstić information content (AvgIpc) is 2.67. The van der Waals surface area contributed by atoms with Gasteiger partial charge in [0.1, 0.15) is 6.04 Å². The van der Waals surface area contributed by atoms with Gasteiger partial charge in [0.05, 0.1) is 5.69 Å². The largest absolute Gasteiger partial charge is 0.350 e. The fourth-order valence-corrected chi connectivity index (χ4v) is 2.42. The Labute approximate surface area is 145 Å². The maximum Gasteiger partial charge on any atom is 0.267 e. The number of nitrogens with zero attached hydrogens (tertiary/aromatic N) is 3. The minimum absolute atomic E-state index is 0.274. The van der Waals surface area contributed by atoms with Crippen LogP contribution in [0.4, 0.5) is 0 Å². The number of carbonyl (C=O) groups is 1. The molecule has 2 aromatic heterocycles. The molecule has 0 fully saturated rings. The van der Waals surface area contributed by atoms with Crippen molar-refractivity contribution < 1.29 is 4.79 Å². The third kappa shape index (κ3) is 3.98. The van der Waals surface area contributed by atoms with Crippen molar-refractivity contribution >= 4 is 5.91 Å². The van der Waals surface area contributed by atoms with Gasteiger partial charge in [-0.1, -0.05) is 36.4 Å². The van der Waals surface area contributed by atoms with E-state index < -0.39 is 6.04 Å². The van der Waals surface area contributed by atoms with Gasteiger partial charge in [-0.15, -0.1) is 0 Å². The molecule has 126 valence electrons. The molecule has 1 atom stereocenters. The van der Waals surface area contributed by atoms with E-state index in [9.17, 15) is 9.59 Å². The van der Waals surface area contributed by atoms with E-state index in [1.54, 1.807) is 31.5 Å². The van der Waals surface area contributed by atoms with Gasteiger partial charge in [0.2, 0.25) is 5.91 Å². The van der Waals surface area contributed by atoms with Crippen LogP contribution in [0, 0.1) is 0 Å². The van der Waals surface area contributed by atoms with Crippen LogP contribution in [0.15, 0.2) is 71.8 Å². The summed E-state index contributed by atoms with van der Waals surface area (Å²) in [5.41, 5.74) is 2.11. The second-order valence-corrected chi connectivity index (χ2v) is 5.62. The molecule has 0 saturated carbocycles. The van der Waals surface area contributed by atoms with E-state index in [0.717, 1.165) is 11.1 Å². The summed E-state index contributed by atoms with van der Waals surface area (Å²) < 4.78 is 1.21. The monoisotopic (exact) mass is 334 g/mol. The smallest absolute Gasteiger partial charge is 0.267 e. The third-order valence-electron chi connectivity index (χ3n) is 3.83. The topological polar surface area (TPSA) is 76.9 Å². The number of amides is 1. The van der Waals surface area contributed by atoms with Crippen LogP contribution in [0.25, 0.3) is 11.3 Å². The van der Waals surface area contributed by atoms with E-state index in [1.807, 2.05) is 36.4 Å². The molecule has 1 aromatic carbocycles. The van der Waals surface area contributed by atoms with Crippen molar-refractivity contribution in [2.45, 2.75) is 19.5 Å². The molecule has 3 rings (SSSR count). The predicted octanol–water partition coefficient (Wildman–Crippen LogP) is 2.18. The molecule has 0 saturated heterocycles. The third-order valence-corrected chi connectivity index (χ3v) is 3.83. The Balaban J connectivity index is 1.78. The van der Waals surface area contributed by atoms with Gasteiger partial charge in [-0.05, 0) is 24.6 Å². The van der Waals surface area contributed by atoms with Crippen LogP contribution in [0.5, 0.6) is 0 Å². The number of hydrogen-bond acceptors (Lipinski definition) is 4. The zero-order chi connectivity index (χ0) is 17.6. The van der Waals surface area contributed by atoms with E-state index in [-0.39, 0.29) is 11.5 Å². The van der Waals surface area contributed by atoms with Gasteiger partial charge in [-0.25, -0.2) is 4.68 Å². The van der Waals surface area contributed by atoms with Crippen molar-refractivity contribution in [2.75, 3.05) is 0 Å². The molecule has 3 aromatic rings. The molecule has 25 heavy (non-hydrogen) atoms. The number of aromatic nitrogens is 3. The Kier molecular flexibility index (Phi) is 4.99. The number of pyridine rings is 1. The van der Waals surface area contributed by atoms with E-state index in [2.05, 4.69) is 15.4 Å². The van der Waals surface area contributed by atoms with Gasteiger partial charge < -0.3 is 5.32 Å². The van der Waals surface area contributed by atoms with Crippen molar-refractivity contribution in [1.29, 1.82) is 0 Å². The summed E-state index contributed by atoms with van der Waals surface area (Å²) in [4.78, 5) is 28.5. The molecule has 0 radical (unpaired) electrons. The Hall–Kier alpha value is -3.28. The van der Waals surface area contributed by atoms with Gasteiger partial charge >= 0.3 is 0 Å². The highest BCUT2D eigenvalue weighted by molar-refractivity contribution is 5.79. The molecule has 2 heterocycles. The first-order valence-corrected chi connectivity index (χ1v) is 7.97. The number of rotatable bonds is 5. The average molecular weight is 334 g/mol. The molecule has 0 spiro atoms. The van der Waals surface area contributed by atoms with Crippen molar-refractivity contribution in [1.82, 2.24) is 20.1 Å². The van der Waals surface area contributed by atoms with Crippen molar-refractivity contribution in [3.63, 3.8) is 0 Å². The molecular weight excluding hydrogens is 316 g/mol. The van der Waals surface area contributed by atoms with Crippen molar-refractivity contribution in [3.05, 3.63) is 82.9 Å². The second kappa shape index (κ2) is 7.53. The first kappa shape index (κ1) is 16.6. The van der Waals surface area contributed by atoms with Gasteiger partial charge in [0.15, 0.2) is 0 Å². The predicted molar refractivity (Wildman–Crippen MR) is 94.7 cm³/mol. The second-order valence-electron chi connectivity index (χ2n) is 5.62. The van der Waals surface area contributed by atoms with Crippen LogP contribution >= 0.6 is 0 Å². The highest BCUT2D eigenvalue weighted by atomic mass is 16.2. The van der Waals surface area contributed by atoms with Crippen LogP contribution in [0.3, 0.4) is 0 Å². The Morgan fingerprint density at radius 1 is 1.12 bits per heavy atom. The zero-order valence-corrected chi connectivity index (χ0v) is 13.8.